The third-order valence-electron chi connectivity index (χ3n) is 3.03. The van der Waals surface area contributed by atoms with Gasteiger partial charge in [0.05, 0.1) is 23.9 Å². The van der Waals surface area contributed by atoms with Crippen LogP contribution in [-0.2, 0) is 4.79 Å². The number of hydrogen-bond acceptors (Lipinski definition) is 5. The number of carbonyl (C=O) groups excluding carboxylic acids is 1. The van der Waals surface area contributed by atoms with E-state index in [1.807, 2.05) is 6.07 Å². The summed E-state index contributed by atoms with van der Waals surface area (Å²) in [6, 6.07) is 12.7. The molecule has 0 atom stereocenters. The minimum absolute atomic E-state index is 0.0422. The number of rotatable bonds is 6. The minimum Gasteiger partial charge on any atom is -0.496 e. The number of carbonyl (C=O) groups is 1. The maximum absolute atomic E-state index is 11.1. The van der Waals surface area contributed by atoms with E-state index in [-0.39, 0.29) is 12.4 Å². The number of ether oxygens (including phenoxy) is 2. The van der Waals surface area contributed by atoms with Crippen LogP contribution >= 0.6 is 0 Å². The van der Waals surface area contributed by atoms with E-state index in [2.05, 4.69) is 11.1 Å². The van der Waals surface area contributed by atoms with Gasteiger partial charge in [-0.05, 0) is 37.3 Å². The molecule has 0 radical (unpaired) electrons. The van der Waals surface area contributed by atoms with Gasteiger partial charge in [0.1, 0.15) is 24.2 Å². The molecule has 0 amide bonds. The summed E-state index contributed by atoms with van der Waals surface area (Å²) < 4.78 is 10.9. The Morgan fingerprint density at radius 3 is 2.65 bits per heavy atom. The van der Waals surface area contributed by atoms with Crippen molar-refractivity contribution in [3.63, 3.8) is 0 Å². The van der Waals surface area contributed by atoms with Crippen LogP contribution in [0.4, 0.5) is 0 Å². The van der Waals surface area contributed by atoms with Crippen LogP contribution in [0.5, 0.6) is 11.5 Å². The summed E-state index contributed by atoms with van der Waals surface area (Å²) in [6.07, 6.45) is 3.27. The van der Waals surface area contributed by atoms with Crippen LogP contribution in [0.25, 0.3) is 11.6 Å². The van der Waals surface area contributed by atoms with Crippen LogP contribution in [0, 0.1) is 11.3 Å². The molecule has 0 aliphatic rings. The van der Waals surface area contributed by atoms with Crippen LogP contribution in [0.1, 0.15) is 18.2 Å². The highest BCUT2D eigenvalue weighted by Crippen LogP contribution is 2.32. The number of allylic oxidation sites excluding steroid dienone is 1. The Labute approximate surface area is 134 Å². The highest BCUT2D eigenvalue weighted by molar-refractivity contribution is 5.90. The molecule has 0 unspecified atom stereocenters. The van der Waals surface area contributed by atoms with Crippen LogP contribution < -0.4 is 9.47 Å². The van der Waals surface area contributed by atoms with Crippen molar-refractivity contribution in [3.8, 4) is 17.6 Å². The maximum atomic E-state index is 11.1. The third kappa shape index (κ3) is 4.17. The molecule has 0 fully saturated rings. The predicted molar refractivity (Wildman–Crippen MR) is 86.9 cm³/mol. The summed E-state index contributed by atoms with van der Waals surface area (Å²) in [4.78, 5) is 15.3. The number of aromatic nitrogens is 1. The van der Waals surface area contributed by atoms with Crippen molar-refractivity contribution in [2.24, 2.45) is 0 Å². The van der Waals surface area contributed by atoms with Crippen molar-refractivity contribution in [2.45, 2.75) is 6.92 Å². The Morgan fingerprint density at radius 1 is 1.26 bits per heavy atom. The molecule has 2 aromatic rings. The number of nitriles is 1. The van der Waals surface area contributed by atoms with Gasteiger partial charge in [-0.3, -0.25) is 9.78 Å². The molecule has 2 rings (SSSR count). The maximum Gasteiger partial charge on any atom is 0.167 e. The lowest BCUT2D eigenvalue weighted by Crippen LogP contribution is -2.07. The number of Topliss-reactive ketones (excluding diaryl/α,β-unsaturated/α-hetero) is 1. The van der Waals surface area contributed by atoms with E-state index >= 15 is 0 Å². The predicted octanol–water partition coefficient (Wildman–Crippen LogP) is 3.12. The number of nitrogens with zero attached hydrogens (tertiary/aromatic N) is 2. The zero-order valence-corrected chi connectivity index (χ0v) is 12.9. The fourth-order valence-electron chi connectivity index (χ4n) is 1.98. The average Bonchev–Trinajstić information content (AvgIpc) is 2.58. The highest BCUT2D eigenvalue weighted by Gasteiger charge is 2.12. The second-order valence-electron chi connectivity index (χ2n) is 4.75. The highest BCUT2D eigenvalue weighted by atomic mass is 16.5. The van der Waals surface area contributed by atoms with Gasteiger partial charge in [-0.2, -0.15) is 5.26 Å². The average molecular weight is 308 g/mol. The number of hydrogen-bond donors (Lipinski definition) is 0. The molecular formula is C18H16N2O3. The molecule has 0 saturated heterocycles. The first-order chi connectivity index (χ1) is 11.2. The van der Waals surface area contributed by atoms with E-state index < -0.39 is 0 Å². The minimum atomic E-state index is -0.0898. The van der Waals surface area contributed by atoms with E-state index in [1.54, 1.807) is 42.6 Å². The van der Waals surface area contributed by atoms with E-state index in [4.69, 9.17) is 9.47 Å². The van der Waals surface area contributed by atoms with E-state index in [1.165, 1.54) is 14.0 Å². The normalized spacial score (nSPS) is 10.7. The molecule has 0 bridgehead atoms. The lowest BCUT2D eigenvalue weighted by molar-refractivity contribution is -0.118. The van der Waals surface area contributed by atoms with Gasteiger partial charge in [-0.25, -0.2) is 0 Å². The summed E-state index contributed by atoms with van der Waals surface area (Å²) in [5, 5.41) is 9.42. The van der Waals surface area contributed by atoms with Crippen molar-refractivity contribution >= 4 is 17.4 Å². The standard InChI is InChI=1S/C18H16N2O3/c1-13(21)12-23-18-8-5-7-17(22-2)15(18)10-14(11-19)16-6-3-4-9-20-16/h3-10H,12H2,1-2H3/b14-10+. The molecule has 0 N–H and O–H groups in total. The Kier molecular flexibility index (Phi) is 5.48. The largest absolute Gasteiger partial charge is 0.496 e. The molecular weight excluding hydrogens is 292 g/mol. The molecule has 0 saturated carbocycles. The summed E-state index contributed by atoms with van der Waals surface area (Å²) >= 11 is 0. The molecule has 0 spiro atoms. The summed E-state index contributed by atoms with van der Waals surface area (Å²) in [5.74, 6) is 0.936. The first-order valence-corrected chi connectivity index (χ1v) is 6.98. The molecule has 5 heteroatoms. The van der Waals surface area contributed by atoms with Crippen molar-refractivity contribution in [2.75, 3.05) is 13.7 Å². The van der Waals surface area contributed by atoms with Crippen molar-refractivity contribution in [3.05, 3.63) is 53.9 Å². The van der Waals surface area contributed by atoms with Crippen molar-refractivity contribution in [1.82, 2.24) is 4.98 Å². The van der Waals surface area contributed by atoms with Crippen molar-refractivity contribution < 1.29 is 14.3 Å². The van der Waals surface area contributed by atoms with Gasteiger partial charge in [0, 0.05) is 6.20 Å². The van der Waals surface area contributed by atoms with Gasteiger partial charge >= 0.3 is 0 Å². The Bertz CT molecular complexity index is 762. The number of benzene rings is 1. The topological polar surface area (TPSA) is 72.2 Å². The second-order valence-corrected chi connectivity index (χ2v) is 4.75. The quantitative estimate of drug-likeness (QED) is 0.767. The zero-order chi connectivity index (χ0) is 16.7. The Morgan fingerprint density at radius 2 is 2.04 bits per heavy atom. The fourth-order valence-corrected chi connectivity index (χ4v) is 1.98. The lowest BCUT2D eigenvalue weighted by atomic mass is 10.1. The number of pyridine rings is 1. The van der Waals surface area contributed by atoms with Crippen LogP contribution in [0.15, 0.2) is 42.6 Å². The monoisotopic (exact) mass is 308 g/mol. The smallest absolute Gasteiger partial charge is 0.167 e. The SMILES string of the molecule is COc1cccc(OCC(C)=O)c1/C=C(\C#N)c1ccccn1. The third-order valence-corrected chi connectivity index (χ3v) is 3.03. The molecule has 1 aromatic heterocycles. The molecule has 23 heavy (non-hydrogen) atoms. The Balaban J connectivity index is 2.49. The molecule has 116 valence electrons. The summed E-state index contributed by atoms with van der Waals surface area (Å²) in [6.45, 7) is 1.41. The second kappa shape index (κ2) is 7.76. The molecule has 0 aliphatic heterocycles. The van der Waals surface area contributed by atoms with E-state index in [0.29, 0.717) is 28.3 Å². The van der Waals surface area contributed by atoms with Gasteiger partial charge in [0.15, 0.2) is 5.78 Å². The van der Waals surface area contributed by atoms with Crippen LogP contribution in [0.2, 0.25) is 0 Å². The van der Waals surface area contributed by atoms with Crippen LogP contribution in [0.3, 0.4) is 0 Å². The Hall–Kier alpha value is -3.13. The van der Waals surface area contributed by atoms with Crippen LogP contribution in [-0.4, -0.2) is 24.5 Å². The lowest BCUT2D eigenvalue weighted by Gasteiger charge is -2.12. The number of ketones is 1. The summed E-state index contributed by atoms with van der Waals surface area (Å²) in [7, 11) is 1.54. The molecule has 1 heterocycles. The summed E-state index contributed by atoms with van der Waals surface area (Å²) in [5.41, 5.74) is 1.53. The van der Waals surface area contributed by atoms with Gasteiger partial charge < -0.3 is 9.47 Å². The van der Waals surface area contributed by atoms with E-state index in [0.717, 1.165) is 0 Å². The zero-order valence-electron chi connectivity index (χ0n) is 12.9. The van der Waals surface area contributed by atoms with Gasteiger partial charge in [0.25, 0.3) is 0 Å². The first-order valence-electron chi connectivity index (χ1n) is 6.98. The first kappa shape index (κ1) is 16.2. The van der Waals surface area contributed by atoms with Gasteiger partial charge in [-0.1, -0.05) is 12.1 Å². The fraction of sp³-hybridized carbons (Fsp3) is 0.167. The van der Waals surface area contributed by atoms with Gasteiger partial charge in [0.2, 0.25) is 0 Å². The van der Waals surface area contributed by atoms with Crippen molar-refractivity contribution in [1.29, 1.82) is 5.26 Å². The molecule has 0 aliphatic carbocycles. The number of methoxy groups -OCH3 is 1. The van der Waals surface area contributed by atoms with E-state index in [9.17, 15) is 10.1 Å². The van der Waals surface area contributed by atoms with Gasteiger partial charge in [-0.15, -0.1) is 0 Å². The molecule has 1 aromatic carbocycles. The molecule has 5 nitrogen and oxygen atoms in total.